The maximum Gasteiger partial charge on any atom is 0.490 e. The molecule has 0 saturated heterocycles. The monoisotopic (exact) mass is 782 g/mol. The number of phenols is 2. The molecular formula is C34H44F6N4O8S. The second-order valence-electron chi connectivity index (χ2n) is 12.2. The van der Waals surface area contributed by atoms with Crippen molar-refractivity contribution in [3.63, 3.8) is 0 Å². The number of rotatable bonds is 13. The third-order valence-corrected chi connectivity index (χ3v) is 9.01. The highest BCUT2D eigenvalue weighted by Crippen LogP contribution is 2.28. The van der Waals surface area contributed by atoms with Crippen LogP contribution in [-0.4, -0.2) is 99.3 Å². The number of hydrogen-bond acceptors (Lipinski definition) is 9. The van der Waals surface area contributed by atoms with Gasteiger partial charge in [0.1, 0.15) is 17.0 Å². The van der Waals surface area contributed by atoms with Gasteiger partial charge < -0.3 is 40.9 Å². The Kier molecular flexibility index (Phi) is 18.6. The number of thiazole rings is 1. The number of halogens is 6. The number of H-pyrrole nitrogens is 1. The van der Waals surface area contributed by atoms with Crippen molar-refractivity contribution >= 4 is 39.4 Å². The lowest BCUT2D eigenvalue weighted by molar-refractivity contribution is -0.193. The molecule has 0 aliphatic heterocycles. The molecule has 1 aliphatic carbocycles. The van der Waals surface area contributed by atoms with Crippen LogP contribution < -0.4 is 15.5 Å². The molecule has 1 fully saturated rings. The molecule has 7 N–H and O–H groups in total. The van der Waals surface area contributed by atoms with Gasteiger partial charge in [-0.25, -0.2) is 9.59 Å². The number of aromatic hydroxyl groups is 2. The minimum Gasteiger partial charge on any atom is -0.508 e. The number of nitrogens with one attached hydrogen (secondary N) is 3. The first-order chi connectivity index (χ1) is 24.9. The van der Waals surface area contributed by atoms with E-state index in [-0.39, 0.29) is 22.3 Å². The molecule has 2 aromatic carbocycles. The maximum atomic E-state index is 12.8. The first kappa shape index (κ1) is 44.8. The van der Waals surface area contributed by atoms with Crippen molar-refractivity contribution < 1.29 is 61.2 Å². The molecule has 53 heavy (non-hydrogen) atoms. The summed E-state index contributed by atoms with van der Waals surface area (Å²) >= 11 is 1.13. The Labute approximate surface area is 304 Å². The van der Waals surface area contributed by atoms with Gasteiger partial charge in [-0.15, -0.1) is 0 Å². The first-order valence-corrected chi connectivity index (χ1v) is 17.6. The zero-order valence-corrected chi connectivity index (χ0v) is 29.5. The average molecular weight is 783 g/mol. The topological polar surface area (TPSA) is 192 Å². The molecule has 12 nitrogen and oxygen atoms in total. The lowest BCUT2D eigenvalue weighted by Crippen LogP contribution is -2.39. The predicted molar refractivity (Wildman–Crippen MR) is 185 cm³/mol. The lowest BCUT2D eigenvalue weighted by atomic mass is 9.96. The van der Waals surface area contributed by atoms with Crippen LogP contribution in [0, 0.1) is 0 Å². The van der Waals surface area contributed by atoms with Gasteiger partial charge in [0.2, 0.25) is 5.91 Å². The van der Waals surface area contributed by atoms with Gasteiger partial charge in [-0.2, -0.15) is 26.3 Å². The van der Waals surface area contributed by atoms with Gasteiger partial charge in [-0.3, -0.25) is 9.59 Å². The van der Waals surface area contributed by atoms with Crippen molar-refractivity contribution in [2.75, 3.05) is 32.7 Å². The zero-order valence-electron chi connectivity index (χ0n) is 28.7. The van der Waals surface area contributed by atoms with E-state index in [9.17, 15) is 46.1 Å². The number of alkyl halides is 6. The number of hydrogen-bond donors (Lipinski definition) is 7. The van der Waals surface area contributed by atoms with Crippen LogP contribution in [0.25, 0.3) is 10.2 Å². The molecule has 0 spiro atoms. The molecule has 0 atom stereocenters. The second-order valence-corrected chi connectivity index (χ2v) is 13.2. The van der Waals surface area contributed by atoms with Gasteiger partial charge in [0.15, 0.2) is 0 Å². The fraction of sp³-hybridized carbons (Fsp3) is 0.529. The summed E-state index contributed by atoms with van der Waals surface area (Å²) in [7, 11) is 0. The van der Waals surface area contributed by atoms with Gasteiger partial charge >= 0.3 is 29.2 Å². The van der Waals surface area contributed by atoms with E-state index in [1.54, 1.807) is 18.2 Å². The Morgan fingerprint density at radius 1 is 0.830 bits per heavy atom. The van der Waals surface area contributed by atoms with Crippen LogP contribution in [0.4, 0.5) is 26.3 Å². The Morgan fingerprint density at radius 3 is 2.02 bits per heavy atom. The molecule has 1 saturated carbocycles. The van der Waals surface area contributed by atoms with Gasteiger partial charge in [0, 0.05) is 38.6 Å². The molecule has 0 radical (unpaired) electrons. The molecule has 0 bridgehead atoms. The number of aromatic amines is 1. The van der Waals surface area contributed by atoms with Crippen LogP contribution in [0.3, 0.4) is 0 Å². The first-order valence-electron chi connectivity index (χ1n) is 16.8. The number of aromatic nitrogens is 1. The Balaban J connectivity index is 0.000000587. The van der Waals surface area contributed by atoms with Crippen molar-refractivity contribution in [1.82, 2.24) is 20.5 Å². The molecular weight excluding hydrogens is 738 g/mol. The molecule has 3 aromatic rings. The quantitative estimate of drug-likeness (QED) is 0.0853. The van der Waals surface area contributed by atoms with Crippen molar-refractivity contribution in [1.29, 1.82) is 0 Å². The largest absolute Gasteiger partial charge is 0.508 e. The van der Waals surface area contributed by atoms with E-state index in [2.05, 4.69) is 20.5 Å². The summed E-state index contributed by atoms with van der Waals surface area (Å²) in [6.07, 6.45) is 0.291. The molecule has 1 heterocycles. The van der Waals surface area contributed by atoms with Crippen molar-refractivity contribution in [2.45, 2.75) is 82.6 Å². The van der Waals surface area contributed by atoms with Crippen LogP contribution >= 0.6 is 11.3 Å². The third kappa shape index (κ3) is 17.8. The number of fused-ring (bicyclic) bond motifs is 1. The van der Waals surface area contributed by atoms with E-state index < -0.39 is 24.3 Å². The number of benzene rings is 2. The number of carboxylic acids is 2. The molecule has 1 amide bonds. The fourth-order valence-electron chi connectivity index (χ4n) is 5.35. The lowest BCUT2D eigenvalue weighted by Gasteiger charge is -2.24. The summed E-state index contributed by atoms with van der Waals surface area (Å²) in [6, 6.07) is 11.2. The SMILES string of the molecule is O=C(CCN(CCNCCc1ccc(O)c2[nH]c(=O)sc12)CCc1cccc(O)c1)NC1CCCCCCC1.O=C(O)C(F)(F)F.O=C(O)C(F)(F)F. The molecule has 1 aromatic heterocycles. The Morgan fingerprint density at radius 2 is 1.43 bits per heavy atom. The van der Waals surface area contributed by atoms with Crippen molar-refractivity contribution in [3.8, 4) is 11.5 Å². The highest BCUT2D eigenvalue weighted by atomic mass is 32.1. The molecule has 296 valence electrons. The summed E-state index contributed by atoms with van der Waals surface area (Å²) < 4.78 is 64.3. The smallest absolute Gasteiger partial charge is 0.490 e. The Bertz CT molecular complexity index is 1630. The number of carboxylic acid groups (broad SMARTS) is 2. The minimum atomic E-state index is -5.08. The summed E-state index contributed by atoms with van der Waals surface area (Å²) in [5.74, 6) is -5.01. The van der Waals surface area contributed by atoms with E-state index in [1.165, 1.54) is 32.1 Å². The molecule has 4 rings (SSSR count). The molecule has 0 unspecified atom stereocenters. The van der Waals surface area contributed by atoms with E-state index in [0.29, 0.717) is 24.5 Å². The summed E-state index contributed by atoms with van der Waals surface area (Å²) in [4.78, 5) is 47.2. The van der Waals surface area contributed by atoms with Gasteiger partial charge in [0.05, 0.1) is 4.70 Å². The summed E-state index contributed by atoms with van der Waals surface area (Å²) in [5, 5.41) is 40.8. The highest BCUT2D eigenvalue weighted by molar-refractivity contribution is 7.16. The number of aliphatic carboxylic acids is 2. The van der Waals surface area contributed by atoms with Crippen LogP contribution in [0.2, 0.25) is 0 Å². The number of nitrogens with zero attached hydrogens (tertiary/aromatic N) is 1. The van der Waals surface area contributed by atoms with Crippen LogP contribution in [0.1, 0.15) is 62.5 Å². The standard InChI is InChI=1S/C30H42N4O4S.2C2HF3O2/c35-25-10-6-7-22(21-25)14-18-34(19-15-27(37)32-24-8-4-2-1-3-5-9-24)20-17-31-16-13-23-11-12-26(36)28-29(23)39-30(38)33-28;2*3-2(4,5)1(6)7/h6-7,10-12,21,24,31,35-36H,1-5,8-9,13-20H2,(H,32,37)(H,33,38);2*(H,6,7). The summed E-state index contributed by atoms with van der Waals surface area (Å²) in [6.45, 7) is 3.81. The normalized spacial score (nSPS) is 13.9. The van der Waals surface area contributed by atoms with Crippen LogP contribution in [0.15, 0.2) is 41.2 Å². The Hall–Kier alpha value is -4.36. The fourth-order valence-corrected chi connectivity index (χ4v) is 6.25. The molecule has 1 aliphatic rings. The third-order valence-electron chi connectivity index (χ3n) is 8.05. The zero-order chi connectivity index (χ0) is 39.6. The predicted octanol–water partition coefficient (Wildman–Crippen LogP) is 5.56. The van der Waals surface area contributed by atoms with Crippen LogP contribution in [-0.2, 0) is 27.2 Å². The van der Waals surface area contributed by atoms with E-state index >= 15 is 0 Å². The van der Waals surface area contributed by atoms with Gasteiger partial charge in [-0.05, 0) is 61.6 Å². The van der Waals surface area contributed by atoms with Crippen LogP contribution in [0.5, 0.6) is 11.5 Å². The number of carbonyl (C=O) groups excluding carboxylic acids is 1. The van der Waals surface area contributed by atoms with E-state index in [0.717, 1.165) is 79.0 Å². The molecule has 19 heteroatoms. The number of phenolic OH excluding ortho intramolecular Hbond substituents is 2. The van der Waals surface area contributed by atoms with Crippen molar-refractivity contribution in [3.05, 3.63) is 57.2 Å². The summed E-state index contributed by atoms with van der Waals surface area (Å²) in [5.41, 5.74) is 2.62. The van der Waals surface area contributed by atoms with Crippen molar-refractivity contribution in [2.24, 2.45) is 0 Å². The number of carbonyl (C=O) groups is 3. The second kappa shape index (κ2) is 22.0. The maximum absolute atomic E-state index is 12.8. The average Bonchev–Trinajstić information content (AvgIpc) is 3.46. The number of amides is 1. The van der Waals surface area contributed by atoms with Gasteiger partial charge in [0.25, 0.3) is 0 Å². The van der Waals surface area contributed by atoms with E-state index in [4.69, 9.17) is 19.8 Å². The minimum absolute atomic E-state index is 0.0982. The van der Waals surface area contributed by atoms with Gasteiger partial charge in [-0.1, -0.05) is 61.6 Å². The highest BCUT2D eigenvalue weighted by Gasteiger charge is 2.38. The van der Waals surface area contributed by atoms with E-state index in [1.807, 2.05) is 18.2 Å².